The molecule has 0 bridgehead atoms. The molecule has 20 heavy (non-hydrogen) atoms. The van der Waals surface area contributed by atoms with Gasteiger partial charge in [-0.25, -0.2) is 0 Å². The van der Waals surface area contributed by atoms with Crippen molar-refractivity contribution >= 4 is 23.2 Å². The smallest absolute Gasteiger partial charge is 0.232 e. The number of carbonyl (C=O) groups is 1. The van der Waals surface area contributed by atoms with Crippen LogP contribution in [0.5, 0.6) is 0 Å². The number of aromatic nitrogens is 2. The predicted molar refractivity (Wildman–Crippen MR) is 74.9 cm³/mol. The van der Waals surface area contributed by atoms with Gasteiger partial charge in [0.05, 0.1) is 16.6 Å². The van der Waals surface area contributed by atoms with E-state index in [9.17, 15) is 4.79 Å². The number of aryl methyl sites for hydroxylation is 2. The Balaban J connectivity index is 1.87. The lowest BCUT2D eigenvalue weighted by Gasteiger charge is -2.18. The van der Waals surface area contributed by atoms with Crippen LogP contribution in [0.4, 0.5) is 5.69 Å². The fourth-order valence-corrected chi connectivity index (χ4v) is 2.75. The van der Waals surface area contributed by atoms with Gasteiger partial charge in [-0.05, 0) is 31.5 Å². The second-order valence-electron chi connectivity index (χ2n) is 5.04. The van der Waals surface area contributed by atoms with Crippen LogP contribution in [-0.4, -0.2) is 22.6 Å². The van der Waals surface area contributed by atoms with Crippen molar-refractivity contribution in [2.45, 2.75) is 26.2 Å². The summed E-state index contributed by atoms with van der Waals surface area (Å²) in [5, 5.41) is 4.36. The molecule has 2 aromatic rings. The molecular formula is C14H14ClN3O2. The van der Waals surface area contributed by atoms with Crippen molar-refractivity contribution in [1.82, 2.24) is 10.1 Å². The Bertz CT molecular complexity index is 668. The zero-order valence-electron chi connectivity index (χ0n) is 11.3. The molecule has 2 heterocycles. The third-order valence-electron chi connectivity index (χ3n) is 3.41. The van der Waals surface area contributed by atoms with E-state index >= 15 is 0 Å². The summed E-state index contributed by atoms with van der Waals surface area (Å²) in [7, 11) is 0. The first kappa shape index (κ1) is 13.1. The number of carbonyl (C=O) groups excluding carboxylic acids is 1. The largest absolute Gasteiger partial charge is 0.339 e. The van der Waals surface area contributed by atoms with Crippen LogP contribution in [0.2, 0.25) is 5.02 Å². The van der Waals surface area contributed by atoms with Crippen LogP contribution in [0, 0.1) is 13.8 Å². The Morgan fingerprint density at radius 1 is 1.40 bits per heavy atom. The summed E-state index contributed by atoms with van der Waals surface area (Å²) in [6.45, 7) is 4.24. The molecule has 1 aliphatic rings. The van der Waals surface area contributed by atoms with Gasteiger partial charge < -0.3 is 9.42 Å². The maximum atomic E-state index is 12.2. The van der Waals surface area contributed by atoms with E-state index in [1.807, 2.05) is 25.1 Å². The monoisotopic (exact) mass is 291 g/mol. The molecule has 1 amide bonds. The zero-order chi connectivity index (χ0) is 14.3. The van der Waals surface area contributed by atoms with E-state index in [0.29, 0.717) is 29.7 Å². The van der Waals surface area contributed by atoms with Gasteiger partial charge in [0, 0.05) is 13.0 Å². The standard InChI is InChI=1S/C14H14ClN3O2/c1-8-3-4-12(11(15)5-8)18-7-10(6-13(18)19)14-16-9(2)17-20-14/h3-5,10H,6-7H2,1-2H3. The molecule has 0 saturated carbocycles. The highest BCUT2D eigenvalue weighted by Gasteiger charge is 2.35. The van der Waals surface area contributed by atoms with Crippen LogP contribution < -0.4 is 4.90 Å². The van der Waals surface area contributed by atoms with Crippen LogP contribution in [0.1, 0.15) is 29.6 Å². The average molecular weight is 292 g/mol. The minimum atomic E-state index is -0.0685. The van der Waals surface area contributed by atoms with Gasteiger partial charge >= 0.3 is 0 Å². The number of halogens is 1. The van der Waals surface area contributed by atoms with E-state index in [0.717, 1.165) is 11.3 Å². The lowest BCUT2D eigenvalue weighted by Crippen LogP contribution is -2.24. The maximum absolute atomic E-state index is 12.2. The molecule has 0 N–H and O–H groups in total. The Labute approximate surface area is 121 Å². The summed E-state index contributed by atoms with van der Waals surface area (Å²) in [5.74, 6) is 1.05. The van der Waals surface area contributed by atoms with Crippen LogP contribution >= 0.6 is 11.6 Å². The Hall–Kier alpha value is -1.88. The van der Waals surface area contributed by atoms with Gasteiger partial charge in [-0.2, -0.15) is 4.98 Å². The van der Waals surface area contributed by atoms with Gasteiger partial charge in [0.15, 0.2) is 5.82 Å². The molecule has 1 unspecified atom stereocenters. The Morgan fingerprint density at radius 3 is 2.85 bits per heavy atom. The van der Waals surface area contributed by atoms with E-state index in [2.05, 4.69) is 10.1 Å². The average Bonchev–Trinajstić information content (AvgIpc) is 2.96. The van der Waals surface area contributed by atoms with Crippen molar-refractivity contribution < 1.29 is 9.32 Å². The number of nitrogens with zero attached hydrogens (tertiary/aromatic N) is 3. The van der Waals surface area contributed by atoms with Crippen LogP contribution in [0.25, 0.3) is 0 Å². The van der Waals surface area contributed by atoms with Crippen molar-refractivity contribution in [1.29, 1.82) is 0 Å². The molecule has 0 radical (unpaired) electrons. The number of hydrogen-bond donors (Lipinski definition) is 0. The Kier molecular flexibility index (Phi) is 3.22. The number of amides is 1. The van der Waals surface area contributed by atoms with Crippen molar-refractivity contribution in [3.05, 3.63) is 40.5 Å². The SMILES string of the molecule is Cc1ccc(N2CC(c3nc(C)no3)CC2=O)c(Cl)c1. The molecule has 1 atom stereocenters. The molecule has 1 aromatic carbocycles. The first-order valence-electron chi connectivity index (χ1n) is 6.41. The molecule has 1 saturated heterocycles. The topological polar surface area (TPSA) is 59.2 Å². The van der Waals surface area contributed by atoms with Gasteiger partial charge in [0.1, 0.15) is 0 Å². The minimum Gasteiger partial charge on any atom is -0.339 e. The molecule has 1 aromatic heterocycles. The first-order valence-corrected chi connectivity index (χ1v) is 6.79. The quantitative estimate of drug-likeness (QED) is 0.853. The summed E-state index contributed by atoms with van der Waals surface area (Å²) >= 11 is 6.23. The minimum absolute atomic E-state index is 0.0246. The fraction of sp³-hybridized carbons (Fsp3) is 0.357. The third-order valence-corrected chi connectivity index (χ3v) is 3.71. The molecule has 3 rings (SSSR count). The maximum Gasteiger partial charge on any atom is 0.232 e. The van der Waals surface area contributed by atoms with E-state index < -0.39 is 0 Å². The summed E-state index contributed by atoms with van der Waals surface area (Å²) in [6, 6.07) is 5.67. The molecule has 0 spiro atoms. The number of benzene rings is 1. The van der Waals surface area contributed by atoms with E-state index in [4.69, 9.17) is 16.1 Å². The van der Waals surface area contributed by atoms with E-state index in [1.54, 1.807) is 11.8 Å². The second kappa shape index (κ2) is 4.90. The highest BCUT2D eigenvalue weighted by atomic mass is 35.5. The van der Waals surface area contributed by atoms with Gasteiger partial charge in [0.2, 0.25) is 11.8 Å². The summed E-state index contributed by atoms with van der Waals surface area (Å²) in [5.41, 5.74) is 1.80. The normalized spacial score (nSPS) is 18.9. The first-order chi connectivity index (χ1) is 9.54. The second-order valence-corrected chi connectivity index (χ2v) is 5.45. The zero-order valence-corrected chi connectivity index (χ0v) is 12.0. The molecular weight excluding hydrogens is 278 g/mol. The number of anilines is 1. The van der Waals surface area contributed by atoms with Gasteiger partial charge in [-0.15, -0.1) is 0 Å². The lowest BCUT2D eigenvalue weighted by atomic mass is 10.1. The molecule has 5 nitrogen and oxygen atoms in total. The molecule has 6 heteroatoms. The van der Waals surface area contributed by atoms with E-state index in [-0.39, 0.29) is 11.8 Å². The van der Waals surface area contributed by atoms with Crippen molar-refractivity contribution in [3.63, 3.8) is 0 Å². The van der Waals surface area contributed by atoms with Crippen LogP contribution in [0.15, 0.2) is 22.7 Å². The van der Waals surface area contributed by atoms with Crippen molar-refractivity contribution in [2.75, 3.05) is 11.4 Å². The molecule has 104 valence electrons. The van der Waals surface area contributed by atoms with Gasteiger partial charge in [0.25, 0.3) is 0 Å². The third kappa shape index (κ3) is 2.29. The fourth-order valence-electron chi connectivity index (χ4n) is 2.42. The molecule has 1 fully saturated rings. The van der Waals surface area contributed by atoms with Crippen molar-refractivity contribution in [2.24, 2.45) is 0 Å². The number of hydrogen-bond acceptors (Lipinski definition) is 4. The van der Waals surface area contributed by atoms with Crippen LogP contribution in [-0.2, 0) is 4.79 Å². The van der Waals surface area contributed by atoms with E-state index in [1.165, 1.54) is 0 Å². The molecule has 0 aliphatic carbocycles. The molecule has 1 aliphatic heterocycles. The van der Waals surface area contributed by atoms with Crippen molar-refractivity contribution in [3.8, 4) is 0 Å². The summed E-state index contributed by atoms with van der Waals surface area (Å²) in [4.78, 5) is 18.1. The lowest BCUT2D eigenvalue weighted by molar-refractivity contribution is -0.117. The highest BCUT2D eigenvalue weighted by Crippen LogP contribution is 2.35. The summed E-state index contributed by atoms with van der Waals surface area (Å²) in [6.07, 6.45) is 0.367. The highest BCUT2D eigenvalue weighted by molar-refractivity contribution is 6.34. The summed E-state index contributed by atoms with van der Waals surface area (Å²) < 4.78 is 5.16. The van der Waals surface area contributed by atoms with Crippen LogP contribution in [0.3, 0.4) is 0 Å². The Morgan fingerprint density at radius 2 is 2.20 bits per heavy atom. The number of rotatable bonds is 2. The van der Waals surface area contributed by atoms with Gasteiger partial charge in [-0.1, -0.05) is 22.8 Å². The van der Waals surface area contributed by atoms with Gasteiger partial charge in [-0.3, -0.25) is 4.79 Å². The predicted octanol–water partition coefficient (Wildman–Crippen LogP) is 2.86.